The number of hydrogen-bond acceptors (Lipinski definition) is 3. The van der Waals surface area contributed by atoms with Crippen molar-refractivity contribution in [3.8, 4) is 0 Å². The van der Waals surface area contributed by atoms with E-state index in [1.807, 2.05) is 32.2 Å². The Hall–Kier alpha value is -1.35. The highest BCUT2D eigenvalue weighted by Crippen LogP contribution is 2.24. The van der Waals surface area contributed by atoms with Crippen LogP contribution in [0.25, 0.3) is 6.08 Å². The highest BCUT2D eigenvalue weighted by Gasteiger charge is 2.31. The van der Waals surface area contributed by atoms with Gasteiger partial charge in [0.1, 0.15) is 5.76 Å². The minimum absolute atomic E-state index is 0.0717. The van der Waals surface area contributed by atoms with E-state index in [0.717, 1.165) is 17.9 Å². The maximum atomic E-state index is 12.1. The van der Waals surface area contributed by atoms with Crippen molar-refractivity contribution >= 4 is 11.9 Å². The molecule has 86 valence electrons. The number of carbonyl (C=O) groups excluding carboxylic acids is 1. The standard InChI is InChI=1S/C13H17NO2/c1-9-8-14(3)10(2)12(13(9)15)7-11-5-4-6-16-11/h4-7,9-10H,8H2,1-3H3/b12-7+. The molecule has 16 heavy (non-hydrogen) atoms. The lowest BCUT2D eigenvalue weighted by Crippen LogP contribution is -2.44. The van der Waals surface area contributed by atoms with Gasteiger partial charge in [0.05, 0.1) is 6.26 Å². The van der Waals surface area contributed by atoms with E-state index in [0.29, 0.717) is 0 Å². The number of hydrogen-bond donors (Lipinski definition) is 0. The van der Waals surface area contributed by atoms with Crippen LogP contribution < -0.4 is 0 Å². The Morgan fingerprint density at radius 2 is 2.25 bits per heavy atom. The molecule has 0 aromatic carbocycles. The molecule has 2 heterocycles. The summed E-state index contributed by atoms with van der Waals surface area (Å²) >= 11 is 0. The number of ketones is 1. The first-order chi connectivity index (χ1) is 7.59. The van der Waals surface area contributed by atoms with E-state index in [1.165, 1.54) is 0 Å². The zero-order chi connectivity index (χ0) is 11.7. The zero-order valence-electron chi connectivity index (χ0n) is 9.93. The maximum Gasteiger partial charge on any atom is 0.164 e. The summed E-state index contributed by atoms with van der Waals surface area (Å²) < 4.78 is 5.26. The van der Waals surface area contributed by atoms with Crippen molar-refractivity contribution in [3.05, 3.63) is 29.7 Å². The normalized spacial score (nSPS) is 29.9. The number of nitrogens with zero attached hydrogens (tertiary/aromatic N) is 1. The molecular formula is C13H17NO2. The lowest BCUT2D eigenvalue weighted by atomic mass is 9.88. The number of carbonyl (C=O) groups is 1. The van der Waals surface area contributed by atoms with E-state index in [9.17, 15) is 4.79 Å². The van der Waals surface area contributed by atoms with Crippen molar-refractivity contribution in [1.82, 2.24) is 4.90 Å². The minimum atomic E-state index is 0.0717. The zero-order valence-corrected chi connectivity index (χ0v) is 9.93. The van der Waals surface area contributed by atoms with Gasteiger partial charge in [-0.15, -0.1) is 0 Å². The van der Waals surface area contributed by atoms with Crippen molar-refractivity contribution in [2.24, 2.45) is 5.92 Å². The lowest BCUT2D eigenvalue weighted by molar-refractivity contribution is -0.121. The third kappa shape index (κ3) is 1.95. The molecule has 2 rings (SSSR count). The maximum absolute atomic E-state index is 12.1. The summed E-state index contributed by atoms with van der Waals surface area (Å²) in [6.07, 6.45) is 3.48. The molecule has 1 fully saturated rings. The van der Waals surface area contributed by atoms with E-state index in [-0.39, 0.29) is 17.7 Å². The van der Waals surface area contributed by atoms with Gasteiger partial charge in [0, 0.05) is 24.1 Å². The van der Waals surface area contributed by atoms with Crippen LogP contribution in [0.2, 0.25) is 0 Å². The molecule has 0 N–H and O–H groups in total. The predicted octanol–water partition coefficient (Wildman–Crippen LogP) is 2.20. The van der Waals surface area contributed by atoms with Crippen LogP contribution in [0.1, 0.15) is 19.6 Å². The Balaban J connectivity index is 2.33. The number of Topliss-reactive ketones (excluding diaryl/α,β-unsaturated/α-hetero) is 1. The second kappa shape index (κ2) is 4.26. The highest BCUT2D eigenvalue weighted by atomic mass is 16.3. The molecule has 0 spiro atoms. The topological polar surface area (TPSA) is 33.5 Å². The van der Waals surface area contributed by atoms with Gasteiger partial charge in [-0.25, -0.2) is 0 Å². The SMILES string of the molecule is CC1CN(C)C(C)/C(=C\c2ccco2)C1=O. The molecule has 1 aromatic heterocycles. The number of piperidine rings is 1. The van der Waals surface area contributed by atoms with Gasteiger partial charge in [-0.1, -0.05) is 6.92 Å². The van der Waals surface area contributed by atoms with Crippen molar-refractivity contribution in [2.45, 2.75) is 19.9 Å². The molecule has 0 radical (unpaired) electrons. The van der Waals surface area contributed by atoms with Crippen LogP contribution in [0.4, 0.5) is 0 Å². The number of likely N-dealkylation sites (tertiary alicyclic amines) is 1. The first-order valence-corrected chi connectivity index (χ1v) is 5.59. The second-order valence-corrected chi connectivity index (χ2v) is 4.50. The first kappa shape index (κ1) is 11.1. The average molecular weight is 219 g/mol. The summed E-state index contributed by atoms with van der Waals surface area (Å²) in [6, 6.07) is 3.86. The third-order valence-corrected chi connectivity index (χ3v) is 3.25. The Labute approximate surface area is 95.7 Å². The minimum Gasteiger partial charge on any atom is -0.465 e. The molecule has 0 saturated carbocycles. The van der Waals surface area contributed by atoms with Crippen LogP contribution >= 0.6 is 0 Å². The molecule has 0 bridgehead atoms. The van der Waals surface area contributed by atoms with E-state index >= 15 is 0 Å². The molecule has 3 nitrogen and oxygen atoms in total. The lowest BCUT2D eigenvalue weighted by Gasteiger charge is -2.34. The van der Waals surface area contributed by atoms with Gasteiger partial charge in [0.2, 0.25) is 0 Å². The summed E-state index contributed by atoms with van der Waals surface area (Å²) in [5.41, 5.74) is 0.844. The third-order valence-electron chi connectivity index (χ3n) is 3.25. The molecule has 1 aliphatic heterocycles. The Morgan fingerprint density at radius 3 is 2.88 bits per heavy atom. The van der Waals surface area contributed by atoms with Crippen molar-refractivity contribution in [3.63, 3.8) is 0 Å². The molecule has 3 heteroatoms. The van der Waals surface area contributed by atoms with Gasteiger partial charge < -0.3 is 4.42 Å². The molecular weight excluding hydrogens is 202 g/mol. The fourth-order valence-electron chi connectivity index (χ4n) is 2.12. The fraction of sp³-hybridized carbons (Fsp3) is 0.462. The molecule has 0 amide bonds. The van der Waals surface area contributed by atoms with Gasteiger partial charge in [-0.05, 0) is 32.2 Å². The smallest absolute Gasteiger partial charge is 0.164 e. The van der Waals surface area contributed by atoms with Crippen molar-refractivity contribution in [1.29, 1.82) is 0 Å². The summed E-state index contributed by atoms with van der Waals surface area (Å²) in [6.45, 7) is 4.86. The molecule has 2 atom stereocenters. The summed E-state index contributed by atoms with van der Waals surface area (Å²) in [5, 5.41) is 0. The van der Waals surface area contributed by atoms with E-state index in [4.69, 9.17) is 4.42 Å². The van der Waals surface area contributed by atoms with Crippen LogP contribution in [0, 0.1) is 5.92 Å². The van der Waals surface area contributed by atoms with E-state index < -0.39 is 0 Å². The van der Waals surface area contributed by atoms with E-state index in [2.05, 4.69) is 11.8 Å². The first-order valence-electron chi connectivity index (χ1n) is 5.59. The largest absolute Gasteiger partial charge is 0.465 e. The molecule has 1 aliphatic rings. The van der Waals surface area contributed by atoms with Crippen LogP contribution in [-0.2, 0) is 4.79 Å². The molecule has 1 saturated heterocycles. The molecule has 1 aromatic rings. The van der Waals surface area contributed by atoms with Gasteiger partial charge in [-0.3, -0.25) is 9.69 Å². The van der Waals surface area contributed by atoms with Crippen LogP contribution in [0.15, 0.2) is 28.4 Å². The predicted molar refractivity (Wildman–Crippen MR) is 62.9 cm³/mol. The van der Waals surface area contributed by atoms with Gasteiger partial charge in [-0.2, -0.15) is 0 Å². The summed E-state index contributed by atoms with van der Waals surface area (Å²) in [5.74, 6) is 1.06. The van der Waals surface area contributed by atoms with Crippen LogP contribution in [0.5, 0.6) is 0 Å². The Morgan fingerprint density at radius 1 is 1.50 bits per heavy atom. The number of rotatable bonds is 1. The average Bonchev–Trinajstić information content (AvgIpc) is 2.74. The van der Waals surface area contributed by atoms with Gasteiger partial charge >= 0.3 is 0 Å². The van der Waals surface area contributed by atoms with Gasteiger partial charge in [0.25, 0.3) is 0 Å². The molecule has 2 unspecified atom stereocenters. The summed E-state index contributed by atoms with van der Waals surface area (Å²) in [7, 11) is 2.05. The Kier molecular flexibility index (Phi) is 2.97. The monoisotopic (exact) mass is 219 g/mol. The molecule has 0 aliphatic carbocycles. The number of furan rings is 1. The van der Waals surface area contributed by atoms with Crippen LogP contribution in [-0.4, -0.2) is 30.3 Å². The van der Waals surface area contributed by atoms with Crippen LogP contribution in [0.3, 0.4) is 0 Å². The fourth-order valence-corrected chi connectivity index (χ4v) is 2.12. The van der Waals surface area contributed by atoms with Crippen molar-refractivity contribution < 1.29 is 9.21 Å². The van der Waals surface area contributed by atoms with Gasteiger partial charge in [0.15, 0.2) is 5.78 Å². The second-order valence-electron chi connectivity index (χ2n) is 4.50. The quantitative estimate of drug-likeness (QED) is 0.679. The Bertz CT molecular complexity index is 406. The van der Waals surface area contributed by atoms with E-state index in [1.54, 1.807) is 6.26 Å². The summed E-state index contributed by atoms with van der Waals surface area (Å²) in [4.78, 5) is 14.3. The van der Waals surface area contributed by atoms with Crippen molar-refractivity contribution in [2.75, 3.05) is 13.6 Å². The number of likely N-dealkylation sites (N-methyl/N-ethyl adjacent to an activating group) is 1. The highest BCUT2D eigenvalue weighted by molar-refractivity contribution is 6.02.